The molecule has 17 nitrogen and oxygen atoms in total. The zero-order valence-electron chi connectivity index (χ0n) is 66.4. The van der Waals surface area contributed by atoms with Gasteiger partial charge >= 0.3 is 39.5 Å². The second-order valence-electron chi connectivity index (χ2n) is 30.7. The van der Waals surface area contributed by atoms with Crippen LogP contribution < -0.4 is 0 Å². The van der Waals surface area contributed by atoms with Crippen LogP contribution in [0.5, 0.6) is 0 Å². The third kappa shape index (κ3) is 74.7. The highest BCUT2D eigenvalue weighted by Crippen LogP contribution is 2.45. The van der Waals surface area contributed by atoms with Gasteiger partial charge in [0.2, 0.25) is 0 Å². The minimum absolute atomic E-state index is 0.106. The fourth-order valence-corrected chi connectivity index (χ4v) is 14.2. The second kappa shape index (κ2) is 72.3. The molecule has 600 valence electrons. The van der Waals surface area contributed by atoms with Crippen LogP contribution in [0.15, 0.2) is 0 Å². The van der Waals surface area contributed by atoms with Crippen LogP contribution in [0.3, 0.4) is 0 Å². The van der Waals surface area contributed by atoms with Crippen molar-refractivity contribution in [2.45, 2.75) is 446 Å². The molecule has 3 N–H and O–H groups in total. The molecule has 0 aromatic heterocycles. The van der Waals surface area contributed by atoms with Crippen molar-refractivity contribution in [3.05, 3.63) is 0 Å². The van der Waals surface area contributed by atoms with Crippen molar-refractivity contribution >= 4 is 39.5 Å². The molecule has 0 rings (SSSR count). The minimum Gasteiger partial charge on any atom is -0.462 e. The third-order valence-electron chi connectivity index (χ3n) is 19.5. The van der Waals surface area contributed by atoms with Gasteiger partial charge < -0.3 is 33.8 Å². The Morgan fingerprint density at radius 3 is 0.752 bits per heavy atom. The van der Waals surface area contributed by atoms with E-state index in [4.69, 9.17) is 37.0 Å². The van der Waals surface area contributed by atoms with E-state index in [1.807, 2.05) is 0 Å². The number of esters is 4. The molecule has 0 aromatic carbocycles. The number of rotatable bonds is 80. The van der Waals surface area contributed by atoms with Gasteiger partial charge in [0.15, 0.2) is 12.2 Å². The highest BCUT2D eigenvalue weighted by Gasteiger charge is 2.30. The first kappa shape index (κ1) is 99.1. The maximum absolute atomic E-state index is 13.1. The average molecular weight is 1480 g/mol. The predicted molar refractivity (Wildman–Crippen MR) is 414 cm³/mol. The standard InChI is InChI=1S/C82H160O17P2/c1-8-10-11-12-13-14-15-16-17-18-22-25-28-34-42-49-56-63-79(84)92-69-77(98-81(86)65-58-51-44-35-29-26-23-20-19-21-24-27-32-39-46-53-60-73(3)4)71-96-100(88,89)94-67-76(83)68-95-101(90,91)97-72-78(70-93-80(85)64-57-50-43-38-37-41-48-55-62-75(7)9-2)99-82(87)66-59-52-45-36-31-30-33-40-47-54-61-74(5)6/h73-78,83H,8-72H2,1-7H3,(H,88,89)(H,90,91)/t75?,76-,77-,78-/m1/s1. The van der Waals surface area contributed by atoms with Gasteiger partial charge in [-0.15, -0.1) is 0 Å². The van der Waals surface area contributed by atoms with E-state index in [1.54, 1.807) is 0 Å². The van der Waals surface area contributed by atoms with E-state index in [0.717, 1.165) is 108 Å². The molecular weight excluding hydrogens is 1320 g/mol. The van der Waals surface area contributed by atoms with E-state index in [-0.39, 0.29) is 25.7 Å². The summed E-state index contributed by atoms with van der Waals surface area (Å²) in [6, 6.07) is 0. The minimum atomic E-state index is -4.96. The first-order chi connectivity index (χ1) is 48.8. The highest BCUT2D eigenvalue weighted by molar-refractivity contribution is 7.47. The Hall–Kier alpha value is -1.94. The maximum atomic E-state index is 13.1. The van der Waals surface area contributed by atoms with Gasteiger partial charge in [-0.05, 0) is 43.4 Å². The summed E-state index contributed by atoms with van der Waals surface area (Å²) in [6.07, 6.45) is 61.0. The summed E-state index contributed by atoms with van der Waals surface area (Å²) < 4.78 is 68.8. The van der Waals surface area contributed by atoms with Gasteiger partial charge in [-0.25, -0.2) is 9.13 Å². The zero-order valence-corrected chi connectivity index (χ0v) is 68.2. The van der Waals surface area contributed by atoms with E-state index in [0.29, 0.717) is 25.7 Å². The first-order valence-electron chi connectivity index (χ1n) is 42.4. The molecule has 0 amide bonds. The number of carbonyl (C=O) groups is 4. The molecule has 0 aromatic rings. The lowest BCUT2D eigenvalue weighted by Gasteiger charge is -2.21. The van der Waals surface area contributed by atoms with E-state index < -0.39 is 97.5 Å². The van der Waals surface area contributed by atoms with E-state index in [9.17, 15) is 43.2 Å². The number of hydrogen-bond acceptors (Lipinski definition) is 15. The Labute approximate surface area is 619 Å². The molecule has 19 heteroatoms. The van der Waals surface area contributed by atoms with Crippen LogP contribution in [0.4, 0.5) is 0 Å². The van der Waals surface area contributed by atoms with Crippen molar-refractivity contribution in [1.82, 2.24) is 0 Å². The van der Waals surface area contributed by atoms with Crippen LogP contribution in [0.25, 0.3) is 0 Å². The molecule has 0 radical (unpaired) electrons. The van der Waals surface area contributed by atoms with Gasteiger partial charge in [-0.1, -0.05) is 376 Å². The van der Waals surface area contributed by atoms with Crippen LogP contribution in [0.2, 0.25) is 0 Å². The lowest BCUT2D eigenvalue weighted by atomic mass is 9.99. The molecule has 0 fully saturated rings. The van der Waals surface area contributed by atoms with Gasteiger partial charge in [0.05, 0.1) is 26.4 Å². The van der Waals surface area contributed by atoms with Gasteiger partial charge in [0.25, 0.3) is 0 Å². The number of aliphatic hydroxyl groups is 1. The van der Waals surface area contributed by atoms with Crippen LogP contribution in [0, 0.1) is 17.8 Å². The average Bonchev–Trinajstić information content (AvgIpc) is 1.05. The van der Waals surface area contributed by atoms with Crippen molar-refractivity contribution in [1.29, 1.82) is 0 Å². The molecule has 0 aliphatic heterocycles. The Morgan fingerprint density at radius 1 is 0.287 bits per heavy atom. The van der Waals surface area contributed by atoms with Crippen molar-refractivity contribution in [3.63, 3.8) is 0 Å². The van der Waals surface area contributed by atoms with Gasteiger partial charge in [0.1, 0.15) is 19.3 Å². The Kier molecular flexibility index (Phi) is 70.9. The van der Waals surface area contributed by atoms with Crippen molar-refractivity contribution < 1.29 is 80.2 Å². The maximum Gasteiger partial charge on any atom is 0.472 e. The van der Waals surface area contributed by atoms with Crippen LogP contribution in [-0.4, -0.2) is 96.7 Å². The molecule has 0 bridgehead atoms. The van der Waals surface area contributed by atoms with Crippen LogP contribution >= 0.6 is 15.6 Å². The Balaban J connectivity index is 5.26. The van der Waals surface area contributed by atoms with Crippen molar-refractivity contribution in [3.8, 4) is 0 Å². The summed E-state index contributed by atoms with van der Waals surface area (Å²) in [4.78, 5) is 73.1. The number of carbonyl (C=O) groups excluding carboxylic acids is 4. The number of hydrogen-bond donors (Lipinski definition) is 3. The number of phosphoric acid groups is 2. The Bertz CT molecular complexity index is 1960. The predicted octanol–water partition coefficient (Wildman–Crippen LogP) is 24.5. The van der Waals surface area contributed by atoms with E-state index in [1.165, 1.54) is 238 Å². The largest absolute Gasteiger partial charge is 0.472 e. The monoisotopic (exact) mass is 1480 g/mol. The van der Waals surface area contributed by atoms with Crippen molar-refractivity contribution in [2.24, 2.45) is 17.8 Å². The lowest BCUT2D eigenvalue weighted by Crippen LogP contribution is -2.30. The highest BCUT2D eigenvalue weighted by atomic mass is 31.2. The van der Waals surface area contributed by atoms with Crippen molar-refractivity contribution in [2.75, 3.05) is 39.6 Å². The molecule has 0 saturated carbocycles. The normalized spacial score (nSPS) is 14.2. The molecule has 0 aliphatic rings. The third-order valence-corrected chi connectivity index (χ3v) is 21.4. The van der Waals surface area contributed by atoms with E-state index >= 15 is 0 Å². The van der Waals surface area contributed by atoms with Gasteiger partial charge in [-0.3, -0.25) is 37.3 Å². The topological polar surface area (TPSA) is 237 Å². The molecule has 0 aliphatic carbocycles. The lowest BCUT2D eigenvalue weighted by molar-refractivity contribution is -0.161. The first-order valence-corrected chi connectivity index (χ1v) is 45.4. The molecular formula is C82H160O17P2. The van der Waals surface area contributed by atoms with E-state index in [2.05, 4.69) is 48.5 Å². The number of unbranched alkanes of at least 4 members (excludes halogenated alkanes) is 47. The quantitative estimate of drug-likeness (QED) is 0.0222. The summed E-state index contributed by atoms with van der Waals surface area (Å²) in [5.41, 5.74) is 0. The molecule has 0 heterocycles. The van der Waals surface area contributed by atoms with Crippen LogP contribution in [-0.2, 0) is 65.4 Å². The summed E-state index contributed by atoms with van der Waals surface area (Å²) in [5.74, 6) is 0.229. The molecule has 0 saturated heterocycles. The smallest absolute Gasteiger partial charge is 0.462 e. The Morgan fingerprint density at radius 2 is 0.505 bits per heavy atom. The number of phosphoric ester groups is 2. The molecule has 6 atom stereocenters. The summed E-state index contributed by atoms with van der Waals surface area (Å²) in [6.45, 7) is 12.0. The molecule has 3 unspecified atom stereocenters. The fraction of sp³-hybridized carbons (Fsp3) is 0.951. The number of aliphatic hydroxyl groups excluding tert-OH is 1. The van der Waals surface area contributed by atoms with Gasteiger partial charge in [0, 0.05) is 25.7 Å². The van der Waals surface area contributed by atoms with Gasteiger partial charge in [-0.2, -0.15) is 0 Å². The fourth-order valence-electron chi connectivity index (χ4n) is 12.6. The SMILES string of the molecule is CCCCCCCCCCCCCCCCCCCC(=O)OC[C@H](COP(=O)(O)OC[C@@H](O)COP(=O)(O)OC[C@@H](COC(=O)CCCCCCCCCCC(C)CC)OC(=O)CCCCCCCCCCCCC(C)C)OC(=O)CCCCCCCCCCCCCCCCCCC(C)C. The molecule has 0 spiro atoms. The molecule has 101 heavy (non-hydrogen) atoms. The summed E-state index contributed by atoms with van der Waals surface area (Å²) in [5, 5.41) is 10.7. The second-order valence-corrected chi connectivity index (χ2v) is 33.6. The number of ether oxygens (including phenoxy) is 4. The zero-order chi connectivity index (χ0) is 74.4. The summed E-state index contributed by atoms with van der Waals surface area (Å²) >= 11 is 0. The summed E-state index contributed by atoms with van der Waals surface area (Å²) in [7, 11) is -9.92. The van der Waals surface area contributed by atoms with Crippen LogP contribution in [0.1, 0.15) is 427 Å².